The zero-order valence-corrected chi connectivity index (χ0v) is 12.3. The van der Waals surface area contributed by atoms with Gasteiger partial charge in [-0.05, 0) is 43.5 Å². The number of benzene rings is 2. The van der Waals surface area contributed by atoms with Gasteiger partial charge >= 0.3 is 0 Å². The first-order valence-electron chi connectivity index (χ1n) is 6.73. The lowest BCUT2D eigenvalue weighted by atomic mass is 10.1. The maximum absolute atomic E-state index is 13.6. The molecule has 2 aromatic carbocycles. The Morgan fingerprint density at radius 2 is 1.71 bits per heavy atom. The topological polar surface area (TPSA) is 29.5 Å². The highest BCUT2D eigenvalue weighted by Crippen LogP contribution is 2.27. The van der Waals surface area contributed by atoms with E-state index >= 15 is 0 Å². The first-order chi connectivity index (χ1) is 9.91. The molecule has 2 nitrogen and oxygen atoms in total. The molecular formula is C17H18F2O2. The van der Waals surface area contributed by atoms with Gasteiger partial charge in [0.1, 0.15) is 18.5 Å². The number of hydrogen-bond donors (Lipinski definition) is 1. The Bertz CT molecular complexity index is 653. The molecule has 112 valence electrons. The molecule has 2 rings (SSSR count). The Balaban J connectivity index is 2.17. The summed E-state index contributed by atoms with van der Waals surface area (Å²) in [6, 6.07) is 7.64. The first kappa shape index (κ1) is 15.4. The number of hydrogen-bond acceptors (Lipinski definition) is 2. The highest BCUT2D eigenvalue weighted by molar-refractivity contribution is 5.44. The molecule has 0 aliphatic carbocycles. The van der Waals surface area contributed by atoms with Crippen LogP contribution in [0.5, 0.6) is 5.75 Å². The Kier molecular flexibility index (Phi) is 4.58. The summed E-state index contributed by atoms with van der Waals surface area (Å²) in [5, 5.41) is 10.0. The summed E-state index contributed by atoms with van der Waals surface area (Å²) in [6.45, 7) is 5.65. The van der Waals surface area contributed by atoms with Crippen LogP contribution in [0.3, 0.4) is 0 Å². The second-order valence-corrected chi connectivity index (χ2v) is 5.12. The van der Waals surface area contributed by atoms with Gasteiger partial charge in [-0.3, -0.25) is 0 Å². The molecular weight excluding hydrogens is 274 g/mol. The van der Waals surface area contributed by atoms with Gasteiger partial charge in [0.25, 0.3) is 0 Å². The molecule has 0 spiro atoms. The molecule has 1 atom stereocenters. The molecule has 1 unspecified atom stereocenters. The largest absolute Gasteiger partial charge is 0.490 e. The molecule has 0 aromatic heterocycles. The second kappa shape index (κ2) is 6.22. The van der Waals surface area contributed by atoms with Crippen molar-refractivity contribution in [3.63, 3.8) is 0 Å². The van der Waals surface area contributed by atoms with Crippen LogP contribution in [0, 0.1) is 32.4 Å². The minimum absolute atomic E-state index is 0.0991. The van der Waals surface area contributed by atoms with Crippen molar-refractivity contribution in [3.8, 4) is 5.75 Å². The summed E-state index contributed by atoms with van der Waals surface area (Å²) in [6.07, 6.45) is -1.22. The number of aliphatic hydroxyl groups excluding tert-OH is 1. The molecule has 21 heavy (non-hydrogen) atoms. The van der Waals surface area contributed by atoms with E-state index in [1.807, 2.05) is 32.9 Å². The van der Waals surface area contributed by atoms with E-state index in [0.29, 0.717) is 5.75 Å². The van der Waals surface area contributed by atoms with Crippen molar-refractivity contribution in [3.05, 3.63) is 64.2 Å². The van der Waals surface area contributed by atoms with Crippen molar-refractivity contribution in [1.29, 1.82) is 0 Å². The van der Waals surface area contributed by atoms with E-state index in [1.54, 1.807) is 0 Å². The Morgan fingerprint density at radius 1 is 1.05 bits per heavy atom. The minimum Gasteiger partial charge on any atom is -0.490 e. The molecule has 0 aliphatic heterocycles. The second-order valence-electron chi connectivity index (χ2n) is 5.12. The number of ether oxygens (including phenoxy) is 1. The zero-order valence-electron chi connectivity index (χ0n) is 12.3. The molecule has 0 aliphatic rings. The van der Waals surface area contributed by atoms with Crippen molar-refractivity contribution >= 4 is 0 Å². The molecule has 0 saturated carbocycles. The lowest BCUT2D eigenvalue weighted by molar-refractivity contribution is 0.103. The molecule has 0 amide bonds. The van der Waals surface area contributed by atoms with Gasteiger partial charge in [0.15, 0.2) is 11.6 Å². The molecule has 1 N–H and O–H groups in total. The summed E-state index contributed by atoms with van der Waals surface area (Å²) in [4.78, 5) is 0. The van der Waals surface area contributed by atoms with Gasteiger partial charge in [-0.15, -0.1) is 0 Å². The normalized spacial score (nSPS) is 12.3. The van der Waals surface area contributed by atoms with Crippen molar-refractivity contribution in [2.45, 2.75) is 26.9 Å². The van der Waals surface area contributed by atoms with Crippen LogP contribution in [0.15, 0.2) is 30.3 Å². The number of aliphatic hydroxyl groups is 1. The van der Waals surface area contributed by atoms with E-state index in [1.165, 1.54) is 12.1 Å². The van der Waals surface area contributed by atoms with Crippen LogP contribution in [0.1, 0.15) is 28.4 Å². The van der Waals surface area contributed by atoms with Crippen LogP contribution >= 0.6 is 0 Å². The van der Waals surface area contributed by atoms with Crippen LogP contribution in [0.4, 0.5) is 8.78 Å². The highest BCUT2D eigenvalue weighted by Gasteiger charge is 2.17. The lowest BCUT2D eigenvalue weighted by Gasteiger charge is -2.17. The van der Waals surface area contributed by atoms with Crippen LogP contribution in [0.2, 0.25) is 0 Å². The van der Waals surface area contributed by atoms with Gasteiger partial charge in [-0.2, -0.15) is 0 Å². The lowest BCUT2D eigenvalue weighted by Crippen LogP contribution is -2.13. The third-order valence-corrected chi connectivity index (χ3v) is 3.60. The maximum atomic E-state index is 13.6. The fourth-order valence-corrected chi connectivity index (χ4v) is 2.18. The zero-order chi connectivity index (χ0) is 15.6. The third kappa shape index (κ3) is 3.22. The number of halogens is 2. The van der Waals surface area contributed by atoms with Crippen LogP contribution in [0.25, 0.3) is 0 Å². The fourth-order valence-electron chi connectivity index (χ4n) is 2.18. The van der Waals surface area contributed by atoms with E-state index in [0.717, 1.165) is 22.8 Å². The Labute approximate surface area is 123 Å². The van der Waals surface area contributed by atoms with Crippen LogP contribution < -0.4 is 4.74 Å². The quantitative estimate of drug-likeness (QED) is 0.923. The number of aryl methyl sites for hydroxylation is 2. The minimum atomic E-state index is -1.22. The van der Waals surface area contributed by atoms with Gasteiger partial charge in [-0.1, -0.05) is 24.3 Å². The maximum Gasteiger partial charge on any atom is 0.164 e. The van der Waals surface area contributed by atoms with Gasteiger partial charge in [-0.25, -0.2) is 8.78 Å². The van der Waals surface area contributed by atoms with E-state index in [-0.39, 0.29) is 12.2 Å². The van der Waals surface area contributed by atoms with E-state index in [2.05, 4.69) is 0 Å². The van der Waals surface area contributed by atoms with Gasteiger partial charge in [0.05, 0.1) is 0 Å². The van der Waals surface area contributed by atoms with Crippen molar-refractivity contribution < 1.29 is 18.6 Å². The Hall–Kier alpha value is -1.94. The first-order valence-corrected chi connectivity index (χ1v) is 6.73. The molecule has 0 saturated heterocycles. The molecule has 0 bridgehead atoms. The fraction of sp³-hybridized carbons (Fsp3) is 0.294. The summed E-state index contributed by atoms with van der Waals surface area (Å²) >= 11 is 0. The van der Waals surface area contributed by atoms with E-state index in [9.17, 15) is 13.9 Å². The van der Waals surface area contributed by atoms with Crippen LogP contribution in [-0.4, -0.2) is 11.7 Å². The summed E-state index contributed by atoms with van der Waals surface area (Å²) in [5.41, 5.74) is 2.88. The summed E-state index contributed by atoms with van der Waals surface area (Å²) in [7, 11) is 0. The smallest absolute Gasteiger partial charge is 0.164 e. The van der Waals surface area contributed by atoms with Gasteiger partial charge in [0, 0.05) is 5.56 Å². The third-order valence-electron chi connectivity index (χ3n) is 3.60. The van der Waals surface area contributed by atoms with Gasteiger partial charge < -0.3 is 9.84 Å². The standard InChI is InChI=1S/C17H18F2O2/c1-10-7-8-11(2)17(12(10)3)21-9-15(20)13-5-4-6-14(18)16(13)19/h4-8,15,20H,9H2,1-3H3. The van der Waals surface area contributed by atoms with Crippen molar-refractivity contribution in [1.82, 2.24) is 0 Å². The summed E-state index contributed by atoms with van der Waals surface area (Å²) < 4.78 is 32.4. The average Bonchev–Trinajstić information content (AvgIpc) is 2.46. The molecule has 0 fully saturated rings. The predicted octanol–water partition coefficient (Wildman–Crippen LogP) is 4.00. The monoisotopic (exact) mass is 292 g/mol. The number of rotatable bonds is 4. The van der Waals surface area contributed by atoms with E-state index in [4.69, 9.17) is 4.74 Å². The molecule has 4 heteroatoms. The predicted molar refractivity (Wildman–Crippen MR) is 77.5 cm³/mol. The molecule has 0 radical (unpaired) electrons. The molecule has 0 heterocycles. The highest BCUT2D eigenvalue weighted by atomic mass is 19.2. The Morgan fingerprint density at radius 3 is 2.43 bits per heavy atom. The average molecular weight is 292 g/mol. The van der Waals surface area contributed by atoms with Crippen LogP contribution in [-0.2, 0) is 0 Å². The molecule has 2 aromatic rings. The SMILES string of the molecule is Cc1ccc(C)c(OCC(O)c2cccc(F)c2F)c1C. The summed E-state index contributed by atoms with van der Waals surface area (Å²) in [5.74, 6) is -1.34. The van der Waals surface area contributed by atoms with Crippen molar-refractivity contribution in [2.75, 3.05) is 6.61 Å². The van der Waals surface area contributed by atoms with Crippen molar-refractivity contribution in [2.24, 2.45) is 0 Å². The van der Waals surface area contributed by atoms with Gasteiger partial charge in [0.2, 0.25) is 0 Å². The van der Waals surface area contributed by atoms with E-state index < -0.39 is 17.7 Å².